The van der Waals surface area contributed by atoms with E-state index in [1.54, 1.807) is 24.0 Å². The number of carbonyl (C=O) groups is 1. The van der Waals surface area contributed by atoms with E-state index >= 15 is 4.39 Å². The number of pyridine rings is 2. The summed E-state index contributed by atoms with van der Waals surface area (Å²) < 4.78 is 183. The van der Waals surface area contributed by atoms with Crippen LogP contribution in [0.5, 0.6) is 0 Å². The molecule has 1 unspecified atom stereocenters. The third-order valence-electron chi connectivity index (χ3n) is 10.4. The number of alkyl halides is 12. The molecule has 64 heavy (non-hydrogen) atoms. The summed E-state index contributed by atoms with van der Waals surface area (Å²) in [5, 5.41) is 0. The van der Waals surface area contributed by atoms with Crippen molar-refractivity contribution in [3.63, 3.8) is 0 Å². The Morgan fingerprint density at radius 3 is 1.59 bits per heavy atom. The highest BCUT2D eigenvalue weighted by molar-refractivity contribution is 5.74. The first kappa shape index (κ1) is 47.2. The summed E-state index contributed by atoms with van der Waals surface area (Å²) in [5.41, 5.74) is -5.15. The second-order valence-electron chi connectivity index (χ2n) is 14.8. The molecule has 0 aliphatic heterocycles. The zero-order valence-corrected chi connectivity index (χ0v) is 33.6. The predicted molar refractivity (Wildman–Crippen MR) is 210 cm³/mol. The first-order valence-electron chi connectivity index (χ1n) is 19.2. The molecule has 6 rings (SSSR count). The molecule has 0 saturated carbocycles. The van der Waals surface area contributed by atoms with Crippen molar-refractivity contribution in [3.05, 3.63) is 178 Å². The zero-order valence-electron chi connectivity index (χ0n) is 33.6. The van der Waals surface area contributed by atoms with Gasteiger partial charge in [0.2, 0.25) is 5.91 Å². The molecule has 0 fully saturated rings. The van der Waals surface area contributed by atoms with Gasteiger partial charge in [0.1, 0.15) is 5.82 Å². The Kier molecular flexibility index (Phi) is 13.6. The minimum Gasteiger partial charge on any atom is -0.334 e. The van der Waals surface area contributed by atoms with E-state index < -0.39 is 88.9 Å². The molecule has 0 saturated heterocycles. The van der Waals surface area contributed by atoms with Gasteiger partial charge in [-0.25, -0.2) is 4.39 Å². The van der Waals surface area contributed by atoms with E-state index in [-0.39, 0.29) is 41.9 Å². The number of nitrogens with zero attached hydrogens (tertiary/aromatic N) is 4. The molecule has 0 aliphatic carbocycles. The lowest BCUT2D eigenvalue weighted by Gasteiger charge is -2.33. The van der Waals surface area contributed by atoms with E-state index in [0.717, 1.165) is 11.8 Å². The third kappa shape index (κ3) is 11.1. The maximum atomic E-state index is 15.1. The fourth-order valence-electron chi connectivity index (χ4n) is 7.38. The van der Waals surface area contributed by atoms with Gasteiger partial charge in [-0.1, -0.05) is 43.3 Å². The molecule has 18 heteroatoms. The normalized spacial score (nSPS) is 13.0. The van der Waals surface area contributed by atoms with Crippen molar-refractivity contribution in [2.75, 3.05) is 6.54 Å². The first-order chi connectivity index (χ1) is 29.9. The van der Waals surface area contributed by atoms with Crippen LogP contribution in [0.15, 0.2) is 122 Å². The Balaban J connectivity index is 1.47. The van der Waals surface area contributed by atoms with E-state index in [1.807, 2.05) is 0 Å². The van der Waals surface area contributed by atoms with Gasteiger partial charge < -0.3 is 4.90 Å². The van der Waals surface area contributed by atoms with Gasteiger partial charge in [-0.15, -0.1) is 0 Å². The van der Waals surface area contributed by atoms with Crippen molar-refractivity contribution in [2.45, 2.75) is 64.2 Å². The summed E-state index contributed by atoms with van der Waals surface area (Å²) in [6.07, 6.45) is -15.2. The molecule has 0 aliphatic rings. The number of halogens is 13. The van der Waals surface area contributed by atoms with Gasteiger partial charge >= 0.3 is 24.7 Å². The predicted octanol–water partition coefficient (Wildman–Crippen LogP) is 13.2. The highest BCUT2D eigenvalue weighted by Crippen LogP contribution is 2.42. The van der Waals surface area contributed by atoms with Crippen LogP contribution in [-0.4, -0.2) is 32.2 Å². The quantitative estimate of drug-likeness (QED) is 0.115. The van der Waals surface area contributed by atoms with Crippen LogP contribution in [0.4, 0.5) is 57.1 Å². The summed E-state index contributed by atoms with van der Waals surface area (Å²) in [6.45, 7) is 1.48. The topological polar surface area (TPSA) is 49.3 Å². The van der Waals surface area contributed by atoms with E-state index in [4.69, 9.17) is 0 Å². The highest BCUT2D eigenvalue weighted by atomic mass is 19.4. The van der Waals surface area contributed by atoms with Crippen molar-refractivity contribution in [1.82, 2.24) is 19.8 Å². The summed E-state index contributed by atoms with van der Waals surface area (Å²) in [5.74, 6) is -1.32. The smallest absolute Gasteiger partial charge is 0.334 e. The second-order valence-corrected chi connectivity index (χ2v) is 14.8. The summed E-state index contributed by atoms with van der Waals surface area (Å²) >= 11 is 0. The molecule has 2 aromatic heterocycles. The van der Waals surface area contributed by atoms with E-state index in [9.17, 15) is 57.5 Å². The summed E-state index contributed by atoms with van der Waals surface area (Å²) in [7, 11) is 0. The van der Waals surface area contributed by atoms with Gasteiger partial charge in [-0.3, -0.25) is 19.7 Å². The van der Waals surface area contributed by atoms with E-state index in [1.165, 1.54) is 73.3 Å². The number of rotatable bonds is 12. The van der Waals surface area contributed by atoms with Crippen LogP contribution in [0.2, 0.25) is 0 Å². The van der Waals surface area contributed by atoms with Crippen molar-refractivity contribution in [3.8, 4) is 22.3 Å². The maximum absolute atomic E-state index is 15.1. The average Bonchev–Trinajstić information content (AvgIpc) is 3.22. The number of amides is 1. The van der Waals surface area contributed by atoms with E-state index in [0.29, 0.717) is 46.5 Å². The second kappa shape index (κ2) is 18.4. The Bertz CT molecular complexity index is 2560. The SMILES string of the molecule is CCN(Cc1cnccc1-c1ccccc1F)C(c1cccc(-c2ccncc2CN(Cc2cc(C(F)(F)F)cc(C(F)(F)F)c2)C(C)=O)c1)c1cc(C(F)(F)F)cc(C(F)(F)F)c1. The van der Waals surface area contributed by atoms with Crippen LogP contribution in [0.3, 0.4) is 0 Å². The van der Waals surface area contributed by atoms with Crippen molar-refractivity contribution in [1.29, 1.82) is 0 Å². The number of carbonyl (C=O) groups excluding carboxylic acids is 1. The minimum absolute atomic E-state index is 0.0119. The molecule has 1 atom stereocenters. The Morgan fingerprint density at radius 2 is 1.08 bits per heavy atom. The van der Waals surface area contributed by atoms with Crippen molar-refractivity contribution < 1.29 is 61.9 Å². The third-order valence-corrected chi connectivity index (χ3v) is 10.4. The molecule has 1 amide bonds. The lowest BCUT2D eigenvalue weighted by atomic mass is 9.90. The molecular formula is C46H35F13N4O. The van der Waals surface area contributed by atoms with Gasteiger partial charge in [0.15, 0.2) is 0 Å². The molecule has 0 bridgehead atoms. The number of hydrogen-bond acceptors (Lipinski definition) is 4. The Morgan fingerprint density at radius 1 is 0.562 bits per heavy atom. The number of hydrogen-bond donors (Lipinski definition) is 0. The van der Waals surface area contributed by atoms with Crippen molar-refractivity contribution >= 4 is 5.91 Å². The largest absolute Gasteiger partial charge is 0.416 e. The first-order valence-corrected chi connectivity index (χ1v) is 19.2. The highest BCUT2D eigenvalue weighted by Gasteiger charge is 2.39. The molecule has 6 aromatic rings. The van der Waals surface area contributed by atoms with Crippen molar-refractivity contribution in [2.24, 2.45) is 0 Å². The molecule has 2 heterocycles. The monoisotopic (exact) mass is 906 g/mol. The van der Waals surface area contributed by atoms with Gasteiger partial charge in [-0.2, -0.15) is 52.7 Å². The van der Waals surface area contributed by atoms with Crippen LogP contribution in [-0.2, 0) is 49.1 Å². The lowest BCUT2D eigenvalue weighted by Crippen LogP contribution is -2.30. The fourth-order valence-corrected chi connectivity index (χ4v) is 7.38. The zero-order chi connectivity index (χ0) is 46.8. The summed E-state index contributed by atoms with van der Waals surface area (Å²) in [6, 6.07) is 15.7. The molecule has 0 spiro atoms. The minimum atomic E-state index is -5.20. The summed E-state index contributed by atoms with van der Waals surface area (Å²) in [4.78, 5) is 23.8. The standard InChI is InChI=1S/C46H35F13N4O/c1-3-62(25-33-23-61-14-12-39(33)40-9-4-5-10-41(40)47)42(31-18-36(45(54,55)56)21-37(19-31)46(57,58)59)30-8-6-7-29(17-30)38-11-13-60-22-32(38)26-63(27(2)64)24-28-15-34(43(48,49)50)20-35(16-28)44(51,52)53/h4-23,42H,3,24-26H2,1-2H3. The lowest BCUT2D eigenvalue weighted by molar-refractivity contribution is -0.144. The average molecular weight is 907 g/mol. The van der Waals surface area contributed by atoms with Gasteiger partial charge in [0.05, 0.1) is 28.3 Å². The van der Waals surface area contributed by atoms with Crippen LogP contribution >= 0.6 is 0 Å². The maximum Gasteiger partial charge on any atom is 0.416 e. The molecule has 4 aromatic carbocycles. The fraction of sp³-hybridized carbons (Fsp3) is 0.239. The Labute approximate surface area is 357 Å². The molecular weight excluding hydrogens is 872 g/mol. The van der Waals surface area contributed by atoms with Crippen LogP contribution in [0.1, 0.15) is 70.0 Å². The Hall–Kier alpha value is -6.30. The van der Waals surface area contributed by atoms with Crippen LogP contribution in [0, 0.1) is 5.82 Å². The van der Waals surface area contributed by atoms with Crippen LogP contribution < -0.4 is 0 Å². The van der Waals surface area contributed by atoms with Crippen LogP contribution in [0.25, 0.3) is 22.3 Å². The van der Waals surface area contributed by atoms with Gasteiger partial charge in [0.25, 0.3) is 0 Å². The van der Waals surface area contributed by atoms with Gasteiger partial charge in [-0.05, 0) is 112 Å². The van der Waals surface area contributed by atoms with Gasteiger partial charge in [0, 0.05) is 56.9 Å². The molecule has 336 valence electrons. The molecule has 0 N–H and O–H groups in total. The number of aromatic nitrogens is 2. The number of benzene rings is 4. The molecule has 0 radical (unpaired) electrons. The molecule has 5 nitrogen and oxygen atoms in total. The van der Waals surface area contributed by atoms with E-state index in [2.05, 4.69) is 9.97 Å².